The Morgan fingerprint density at radius 3 is 3.10 bits per heavy atom. The zero-order valence-corrected chi connectivity index (χ0v) is 11.9. The summed E-state index contributed by atoms with van der Waals surface area (Å²) in [5.74, 6) is 1.99. The van der Waals surface area contributed by atoms with E-state index in [0.29, 0.717) is 6.04 Å². The molecule has 0 spiro atoms. The van der Waals surface area contributed by atoms with Gasteiger partial charge in [0, 0.05) is 19.0 Å². The molecule has 20 heavy (non-hydrogen) atoms. The lowest BCUT2D eigenvalue weighted by molar-refractivity contribution is 0.407. The smallest absolute Gasteiger partial charge is 0.119 e. The predicted octanol–water partition coefficient (Wildman–Crippen LogP) is 3.50. The first-order valence-electron chi connectivity index (χ1n) is 7.29. The van der Waals surface area contributed by atoms with Gasteiger partial charge in [0.05, 0.1) is 13.4 Å². The maximum absolute atomic E-state index is 5.37. The number of methoxy groups -OCH3 is 1. The average Bonchev–Trinajstić information content (AvgIpc) is 3.00. The highest BCUT2D eigenvalue weighted by atomic mass is 16.5. The summed E-state index contributed by atoms with van der Waals surface area (Å²) in [5.41, 5.74) is 2.85. The minimum Gasteiger partial charge on any atom is -0.497 e. The van der Waals surface area contributed by atoms with Crippen molar-refractivity contribution in [2.75, 3.05) is 13.7 Å². The fourth-order valence-corrected chi connectivity index (χ4v) is 2.94. The van der Waals surface area contributed by atoms with Crippen molar-refractivity contribution in [2.45, 2.75) is 31.7 Å². The Morgan fingerprint density at radius 1 is 1.35 bits per heavy atom. The lowest BCUT2D eigenvalue weighted by atomic mass is 9.87. The Bertz CT molecular complexity index is 548. The van der Waals surface area contributed by atoms with Gasteiger partial charge in [0.2, 0.25) is 0 Å². The molecule has 1 N–H and O–H groups in total. The largest absolute Gasteiger partial charge is 0.497 e. The van der Waals surface area contributed by atoms with Crippen LogP contribution in [-0.4, -0.2) is 13.7 Å². The van der Waals surface area contributed by atoms with Gasteiger partial charge in [-0.05, 0) is 54.7 Å². The Kier molecular flexibility index (Phi) is 4.07. The monoisotopic (exact) mass is 271 g/mol. The molecule has 3 rings (SSSR count). The van der Waals surface area contributed by atoms with Crippen molar-refractivity contribution >= 4 is 0 Å². The Hall–Kier alpha value is -1.74. The molecule has 0 amide bonds. The van der Waals surface area contributed by atoms with E-state index in [1.807, 2.05) is 12.1 Å². The van der Waals surface area contributed by atoms with Gasteiger partial charge in [0.15, 0.2) is 0 Å². The molecule has 1 unspecified atom stereocenters. The Balaban J connectivity index is 1.66. The Morgan fingerprint density at radius 2 is 2.30 bits per heavy atom. The summed E-state index contributed by atoms with van der Waals surface area (Å²) in [6.45, 7) is 0.939. The molecule has 0 fully saturated rings. The summed E-state index contributed by atoms with van der Waals surface area (Å²) in [6.07, 6.45) is 6.28. The van der Waals surface area contributed by atoms with Crippen LogP contribution in [0.1, 0.15) is 35.8 Å². The van der Waals surface area contributed by atoms with Crippen LogP contribution in [0.15, 0.2) is 41.0 Å². The highest BCUT2D eigenvalue weighted by Gasteiger charge is 2.20. The van der Waals surface area contributed by atoms with Crippen LogP contribution in [0.3, 0.4) is 0 Å². The molecule has 0 saturated carbocycles. The molecule has 3 heteroatoms. The average molecular weight is 271 g/mol. The van der Waals surface area contributed by atoms with Gasteiger partial charge in [-0.25, -0.2) is 0 Å². The van der Waals surface area contributed by atoms with Crippen molar-refractivity contribution < 1.29 is 9.15 Å². The maximum Gasteiger partial charge on any atom is 0.119 e. The van der Waals surface area contributed by atoms with Crippen LogP contribution in [0.25, 0.3) is 0 Å². The SMILES string of the molecule is COc1ccc2c(c1)C(NCCc1ccco1)CCC2. The molecular formula is C17H21NO2. The quantitative estimate of drug-likeness (QED) is 0.904. The molecule has 0 bridgehead atoms. The molecule has 0 radical (unpaired) electrons. The normalized spacial score (nSPS) is 17.8. The molecule has 1 aromatic heterocycles. The lowest BCUT2D eigenvalue weighted by Crippen LogP contribution is -2.27. The van der Waals surface area contributed by atoms with Gasteiger partial charge >= 0.3 is 0 Å². The van der Waals surface area contributed by atoms with Crippen molar-refractivity contribution in [1.82, 2.24) is 5.32 Å². The van der Waals surface area contributed by atoms with Crippen molar-refractivity contribution in [1.29, 1.82) is 0 Å². The Labute approximate surface area is 119 Å². The summed E-state index contributed by atoms with van der Waals surface area (Å²) in [7, 11) is 1.73. The molecule has 1 heterocycles. The van der Waals surface area contributed by atoms with E-state index in [9.17, 15) is 0 Å². The van der Waals surface area contributed by atoms with Gasteiger partial charge in [0.1, 0.15) is 11.5 Å². The molecule has 1 atom stereocenters. The summed E-state index contributed by atoms with van der Waals surface area (Å²) in [5, 5.41) is 3.65. The minimum absolute atomic E-state index is 0.434. The first kappa shape index (κ1) is 13.3. The first-order valence-corrected chi connectivity index (χ1v) is 7.29. The highest BCUT2D eigenvalue weighted by Crippen LogP contribution is 2.32. The van der Waals surface area contributed by atoms with Gasteiger partial charge < -0.3 is 14.5 Å². The van der Waals surface area contributed by atoms with E-state index < -0.39 is 0 Å². The van der Waals surface area contributed by atoms with Crippen LogP contribution in [0, 0.1) is 0 Å². The van der Waals surface area contributed by atoms with Gasteiger partial charge in [-0.1, -0.05) is 6.07 Å². The summed E-state index contributed by atoms with van der Waals surface area (Å²) in [6, 6.07) is 10.8. The third kappa shape index (κ3) is 2.88. The standard InChI is InChI=1S/C17H21NO2/c1-19-15-8-7-13-4-2-6-17(16(13)12-15)18-10-9-14-5-3-11-20-14/h3,5,7-8,11-12,17-18H,2,4,6,9-10H2,1H3. The van der Waals surface area contributed by atoms with Crippen LogP contribution in [0.4, 0.5) is 0 Å². The number of nitrogens with one attached hydrogen (secondary N) is 1. The number of hydrogen-bond donors (Lipinski definition) is 1. The molecule has 1 aliphatic carbocycles. The van der Waals surface area contributed by atoms with Crippen LogP contribution in [0.2, 0.25) is 0 Å². The third-order valence-electron chi connectivity index (χ3n) is 4.01. The van der Waals surface area contributed by atoms with Gasteiger partial charge in [-0.2, -0.15) is 0 Å². The van der Waals surface area contributed by atoms with Crippen LogP contribution in [0.5, 0.6) is 5.75 Å². The number of rotatable bonds is 5. The van der Waals surface area contributed by atoms with E-state index >= 15 is 0 Å². The number of fused-ring (bicyclic) bond motifs is 1. The van der Waals surface area contributed by atoms with Crippen molar-refractivity contribution in [3.63, 3.8) is 0 Å². The van der Waals surface area contributed by atoms with E-state index in [-0.39, 0.29) is 0 Å². The van der Waals surface area contributed by atoms with E-state index in [1.54, 1.807) is 13.4 Å². The third-order valence-corrected chi connectivity index (χ3v) is 4.01. The highest BCUT2D eigenvalue weighted by molar-refractivity contribution is 5.39. The van der Waals surface area contributed by atoms with Gasteiger partial charge in [-0.3, -0.25) is 0 Å². The van der Waals surface area contributed by atoms with E-state index in [1.165, 1.54) is 30.4 Å². The number of aryl methyl sites for hydroxylation is 1. The number of hydrogen-bond acceptors (Lipinski definition) is 3. The molecule has 0 saturated heterocycles. The van der Waals surface area contributed by atoms with Crippen LogP contribution >= 0.6 is 0 Å². The van der Waals surface area contributed by atoms with E-state index in [4.69, 9.17) is 9.15 Å². The van der Waals surface area contributed by atoms with Crippen LogP contribution in [-0.2, 0) is 12.8 Å². The summed E-state index contributed by atoms with van der Waals surface area (Å²) in [4.78, 5) is 0. The second-order valence-electron chi connectivity index (χ2n) is 5.29. The second kappa shape index (κ2) is 6.14. The fourth-order valence-electron chi connectivity index (χ4n) is 2.94. The summed E-state index contributed by atoms with van der Waals surface area (Å²) < 4.78 is 10.7. The fraction of sp³-hybridized carbons (Fsp3) is 0.412. The van der Waals surface area contributed by atoms with Gasteiger partial charge in [0.25, 0.3) is 0 Å². The molecule has 1 aromatic carbocycles. The van der Waals surface area contributed by atoms with Crippen molar-refractivity contribution in [2.24, 2.45) is 0 Å². The zero-order valence-electron chi connectivity index (χ0n) is 11.9. The van der Waals surface area contributed by atoms with Gasteiger partial charge in [-0.15, -0.1) is 0 Å². The molecule has 106 valence electrons. The number of ether oxygens (including phenoxy) is 1. The van der Waals surface area contributed by atoms with E-state index in [0.717, 1.165) is 24.5 Å². The molecule has 2 aromatic rings. The molecular weight excluding hydrogens is 250 g/mol. The van der Waals surface area contributed by atoms with Crippen molar-refractivity contribution in [3.8, 4) is 5.75 Å². The van der Waals surface area contributed by atoms with Crippen LogP contribution < -0.4 is 10.1 Å². The maximum atomic E-state index is 5.37. The topological polar surface area (TPSA) is 34.4 Å². The number of benzene rings is 1. The second-order valence-corrected chi connectivity index (χ2v) is 5.29. The summed E-state index contributed by atoms with van der Waals surface area (Å²) >= 11 is 0. The lowest BCUT2D eigenvalue weighted by Gasteiger charge is -2.27. The van der Waals surface area contributed by atoms with Crippen molar-refractivity contribution in [3.05, 3.63) is 53.5 Å². The van der Waals surface area contributed by atoms with E-state index in [2.05, 4.69) is 23.5 Å². The molecule has 3 nitrogen and oxygen atoms in total. The minimum atomic E-state index is 0.434. The molecule has 0 aliphatic heterocycles. The first-order chi connectivity index (χ1) is 9.86. The number of furan rings is 1. The molecule has 1 aliphatic rings. The predicted molar refractivity (Wildman–Crippen MR) is 79.1 cm³/mol. The zero-order chi connectivity index (χ0) is 13.8.